The summed E-state index contributed by atoms with van der Waals surface area (Å²) in [6.45, 7) is 2.93. The maximum Gasteiger partial charge on any atom is 0.244 e. The van der Waals surface area contributed by atoms with E-state index in [2.05, 4.69) is 29.7 Å². The number of aliphatic hydroxyl groups is 1. The minimum Gasteiger partial charge on any atom is -0.391 e. The maximum absolute atomic E-state index is 12.1. The number of aryl methyl sites for hydroxylation is 1. The van der Waals surface area contributed by atoms with Gasteiger partial charge in [-0.15, -0.1) is 0 Å². The van der Waals surface area contributed by atoms with Crippen molar-refractivity contribution in [1.29, 1.82) is 0 Å². The van der Waals surface area contributed by atoms with E-state index in [1.54, 1.807) is 0 Å². The highest BCUT2D eigenvalue weighted by atomic mass is 16.3. The zero-order chi connectivity index (χ0) is 16.5. The third kappa shape index (κ3) is 5.96. The number of aliphatic hydroxyl groups excluding tert-OH is 1. The van der Waals surface area contributed by atoms with E-state index in [0.717, 1.165) is 12.1 Å². The molecule has 2 rings (SSSR count). The van der Waals surface area contributed by atoms with Gasteiger partial charge in [-0.05, 0) is 43.5 Å². The number of carbonyl (C=O) groups is 1. The minimum absolute atomic E-state index is 0.154. The number of nitrogens with one attached hydrogen (secondary N) is 2. The second kappa shape index (κ2) is 9.68. The summed E-state index contributed by atoms with van der Waals surface area (Å²) in [4.78, 5) is 12.1. The Morgan fingerprint density at radius 1 is 1.17 bits per heavy atom. The number of carbonyl (C=O) groups excluding carboxylic acids is 1. The Bertz CT molecular complexity index is 473. The lowest BCUT2D eigenvalue weighted by atomic mass is 10.0. The molecule has 1 amide bonds. The third-order valence-electron chi connectivity index (χ3n) is 4.51. The quantitative estimate of drug-likeness (QED) is 0.613. The summed E-state index contributed by atoms with van der Waals surface area (Å²) < 4.78 is 0. The van der Waals surface area contributed by atoms with Gasteiger partial charge in [0.2, 0.25) is 5.91 Å². The summed E-state index contributed by atoms with van der Waals surface area (Å²) in [5, 5.41) is 15.6. The van der Waals surface area contributed by atoms with Crippen LogP contribution in [0.1, 0.15) is 57.4 Å². The molecular weight excluding hydrogens is 288 g/mol. The van der Waals surface area contributed by atoms with Gasteiger partial charge < -0.3 is 15.7 Å². The summed E-state index contributed by atoms with van der Waals surface area (Å²) in [7, 11) is 0. The average Bonchev–Trinajstić information content (AvgIpc) is 2.98. The molecule has 1 fully saturated rings. The van der Waals surface area contributed by atoms with Gasteiger partial charge in [0, 0.05) is 5.69 Å². The van der Waals surface area contributed by atoms with Crippen molar-refractivity contribution in [3.63, 3.8) is 0 Å². The molecule has 0 spiro atoms. The Morgan fingerprint density at radius 2 is 1.87 bits per heavy atom. The summed E-state index contributed by atoms with van der Waals surface area (Å²) in [5.74, 6) is -0.154. The third-order valence-corrected chi connectivity index (χ3v) is 4.51. The zero-order valence-electron chi connectivity index (χ0n) is 14.2. The summed E-state index contributed by atoms with van der Waals surface area (Å²) in [6, 6.07) is 7.58. The van der Waals surface area contributed by atoms with E-state index in [1.165, 1.54) is 44.1 Å². The number of unbranched alkanes of at least 4 members (excludes halogenated alkanes) is 5. The van der Waals surface area contributed by atoms with Gasteiger partial charge in [-0.2, -0.15) is 0 Å². The fraction of sp³-hybridized carbons (Fsp3) is 0.632. The van der Waals surface area contributed by atoms with E-state index in [4.69, 9.17) is 0 Å². The van der Waals surface area contributed by atoms with Crippen LogP contribution in [0, 0.1) is 0 Å². The SMILES string of the molecule is CCCCCCCCc1ccc(NC(=O)[C@@H]2NCC[C@H]2O)cc1. The topological polar surface area (TPSA) is 61.4 Å². The Morgan fingerprint density at radius 3 is 2.52 bits per heavy atom. The number of hydrogen-bond acceptors (Lipinski definition) is 3. The van der Waals surface area contributed by atoms with Gasteiger partial charge in [0.25, 0.3) is 0 Å². The van der Waals surface area contributed by atoms with Gasteiger partial charge in [0.15, 0.2) is 0 Å². The zero-order valence-corrected chi connectivity index (χ0v) is 14.2. The molecule has 3 N–H and O–H groups in total. The summed E-state index contributed by atoms with van der Waals surface area (Å²) in [6.07, 6.45) is 9.00. The van der Waals surface area contributed by atoms with Crippen LogP contribution in [0.5, 0.6) is 0 Å². The van der Waals surface area contributed by atoms with Crippen molar-refractivity contribution in [2.75, 3.05) is 11.9 Å². The van der Waals surface area contributed by atoms with Crippen LogP contribution in [0.3, 0.4) is 0 Å². The monoisotopic (exact) mass is 318 g/mol. The first-order chi connectivity index (χ1) is 11.2. The largest absolute Gasteiger partial charge is 0.391 e. The second-order valence-corrected chi connectivity index (χ2v) is 6.49. The molecule has 128 valence electrons. The van der Waals surface area contributed by atoms with E-state index in [1.807, 2.05) is 12.1 Å². The minimum atomic E-state index is -0.581. The van der Waals surface area contributed by atoms with E-state index in [0.29, 0.717) is 13.0 Å². The predicted octanol–water partition coefficient (Wildman–Crippen LogP) is 3.25. The fourth-order valence-electron chi connectivity index (χ4n) is 3.04. The lowest BCUT2D eigenvalue weighted by Crippen LogP contribution is -2.42. The maximum atomic E-state index is 12.1. The standard InChI is InChI=1S/C19H30N2O2/c1-2-3-4-5-6-7-8-15-9-11-16(12-10-15)21-19(23)18-17(22)13-14-20-18/h9-12,17-18,20,22H,2-8,13-14H2,1H3,(H,21,23)/t17-,18-/m1/s1. The van der Waals surface area contributed by atoms with Gasteiger partial charge in [0.05, 0.1) is 6.10 Å². The molecule has 1 aromatic carbocycles. The molecule has 4 nitrogen and oxygen atoms in total. The van der Waals surface area contributed by atoms with Crippen LogP contribution in [0.15, 0.2) is 24.3 Å². The van der Waals surface area contributed by atoms with Crippen molar-refractivity contribution in [2.24, 2.45) is 0 Å². The molecule has 0 bridgehead atoms. The van der Waals surface area contributed by atoms with Crippen LogP contribution in [-0.4, -0.2) is 29.7 Å². The van der Waals surface area contributed by atoms with Crippen molar-refractivity contribution >= 4 is 11.6 Å². The number of anilines is 1. The molecule has 23 heavy (non-hydrogen) atoms. The molecule has 0 radical (unpaired) electrons. The molecule has 0 aliphatic carbocycles. The molecule has 1 saturated heterocycles. The predicted molar refractivity (Wildman–Crippen MR) is 94.6 cm³/mol. The van der Waals surface area contributed by atoms with Crippen molar-refractivity contribution in [3.8, 4) is 0 Å². The molecule has 1 aliphatic heterocycles. The molecular formula is C19H30N2O2. The summed E-state index contributed by atoms with van der Waals surface area (Å²) in [5.41, 5.74) is 2.11. The molecule has 0 unspecified atom stereocenters. The van der Waals surface area contributed by atoms with Crippen molar-refractivity contribution in [1.82, 2.24) is 5.32 Å². The van der Waals surface area contributed by atoms with E-state index >= 15 is 0 Å². The number of benzene rings is 1. The molecule has 1 heterocycles. The van der Waals surface area contributed by atoms with Gasteiger partial charge in [0.1, 0.15) is 6.04 Å². The summed E-state index contributed by atoms with van der Waals surface area (Å²) >= 11 is 0. The normalized spacial score (nSPS) is 20.6. The van der Waals surface area contributed by atoms with Crippen LogP contribution in [0.25, 0.3) is 0 Å². The molecule has 2 atom stereocenters. The first-order valence-corrected chi connectivity index (χ1v) is 9.02. The van der Waals surface area contributed by atoms with Gasteiger partial charge in [-0.25, -0.2) is 0 Å². The van der Waals surface area contributed by atoms with Crippen LogP contribution >= 0.6 is 0 Å². The van der Waals surface area contributed by atoms with Crippen molar-refractivity contribution < 1.29 is 9.90 Å². The number of hydrogen-bond donors (Lipinski definition) is 3. The van der Waals surface area contributed by atoms with E-state index < -0.39 is 12.1 Å². The fourth-order valence-corrected chi connectivity index (χ4v) is 3.04. The van der Waals surface area contributed by atoms with Crippen LogP contribution < -0.4 is 10.6 Å². The number of amides is 1. The molecule has 0 saturated carbocycles. The highest BCUT2D eigenvalue weighted by Crippen LogP contribution is 2.15. The van der Waals surface area contributed by atoms with Gasteiger partial charge in [-0.3, -0.25) is 4.79 Å². The molecule has 1 aromatic rings. The number of rotatable bonds is 9. The smallest absolute Gasteiger partial charge is 0.244 e. The second-order valence-electron chi connectivity index (χ2n) is 6.49. The van der Waals surface area contributed by atoms with E-state index in [-0.39, 0.29) is 5.91 Å². The Hall–Kier alpha value is -1.39. The lowest BCUT2D eigenvalue weighted by molar-refractivity contribution is -0.119. The highest BCUT2D eigenvalue weighted by Gasteiger charge is 2.30. The van der Waals surface area contributed by atoms with Crippen LogP contribution in [0.2, 0.25) is 0 Å². The average molecular weight is 318 g/mol. The molecule has 4 heteroatoms. The molecule has 0 aromatic heterocycles. The van der Waals surface area contributed by atoms with Gasteiger partial charge in [-0.1, -0.05) is 51.2 Å². The Balaban J connectivity index is 1.70. The highest BCUT2D eigenvalue weighted by molar-refractivity contribution is 5.95. The lowest BCUT2D eigenvalue weighted by Gasteiger charge is -2.14. The first kappa shape index (κ1) is 18.0. The molecule has 1 aliphatic rings. The van der Waals surface area contributed by atoms with Gasteiger partial charge >= 0.3 is 0 Å². The Labute approximate surface area is 139 Å². The van der Waals surface area contributed by atoms with Crippen LogP contribution in [0.4, 0.5) is 5.69 Å². The van der Waals surface area contributed by atoms with Crippen LogP contribution in [-0.2, 0) is 11.2 Å². The Kier molecular flexibility index (Phi) is 7.56. The van der Waals surface area contributed by atoms with Crippen molar-refractivity contribution in [3.05, 3.63) is 29.8 Å². The van der Waals surface area contributed by atoms with Crippen molar-refractivity contribution in [2.45, 2.75) is 70.4 Å². The first-order valence-electron chi connectivity index (χ1n) is 9.02. The van der Waals surface area contributed by atoms with E-state index in [9.17, 15) is 9.90 Å².